The van der Waals surface area contributed by atoms with Gasteiger partial charge in [-0.2, -0.15) is 0 Å². The highest BCUT2D eigenvalue weighted by Crippen LogP contribution is 2.18. The Hall–Kier alpha value is -0.800. The molecule has 1 heterocycles. The van der Waals surface area contributed by atoms with Crippen molar-refractivity contribution in [2.24, 2.45) is 4.99 Å². The minimum atomic E-state index is 0. The summed E-state index contributed by atoms with van der Waals surface area (Å²) >= 11 is 3.58. The van der Waals surface area contributed by atoms with Gasteiger partial charge < -0.3 is 10.6 Å². The number of thioether (sulfide) groups is 1. The Balaban J connectivity index is 0.00000312. The van der Waals surface area contributed by atoms with Crippen molar-refractivity contribution in [3.05, 3.63) is 45.4 Å². The molecule has 7 heteroatoms. The number of rotatable bonds is 7. The molecule has 0 spiro atoms. The first kappa shape index (κ1) is 22.2. The van der Waals surface area contributed by atoms with Crippen LogP contribution >= 0.6 is 47.1 Å². The lowest BCUT2D eigenvalue weighted by molar-refractivity contribution is 0.840. The third-order valence-corrected chi connectivity index (χ3v) is 5.55. The number of thiazole rings is 1. The molecule has 0 bridgehead atoms. The van der Waals surface area contributed by atoms with E-state index < -0.39 is 0 Å². The summed E-state index contributed by atoms with van der Waals surface area (Å²) in [6.45, 7) is 10.7. The number of aliphatic imine (C=N–C) groups is 1. The fraction of sp³-hybridized carbons (Fsp3) is 0.444. The van der Waals surface area contributed by atoms with E-state index in [1.54, 1.807) is 11.3 Å². The Morgan fingerprint density at radius 3 is 2.48 bits per heavy atom. The van der Waals surface area contributed by atoms with Crippen LogP contribution in [-0.2, 0) is 6.54 Å². The quantitative estimate of drug-likeness (QED) is 0.197. The molecule has 0 unspecified atom stereocenters. The molecule has 1 aromatic heterocycles. The molecule has 0 aliphatic rings. The third-order valence-electron chi connectivity index (χ3n) is 3.47. The second kappa shape index (κ2) is 11.7. The number of hydrogen-bond acceptors (Lipinski definition) is 4. The second-order valence-electron chi connectivity index (χ2n) is 5.53. The van der Waals surface area contributed by atoms with E-state index in [4.69, 9.17) is 0 Å². The molecule has 2 aromatic rings. The number of aryl methyl sites for hydroxylation is 3. The number of nitrogens with one attached hydrogen (secondary N) is 2. The average molecular weight is 490 g/mol. The maximum absolute atomic E-state index is 4.63. The van der Waals surface area contributed by atoms with Crippen molar-refractivity contribution in [1.82, 2.24) is 15.6 Å². The van der Waals surface area contributed by atoms with Gasteiger partial charge in [0.25, 0.3) is 0 Å². The number of hydrogen-bond donors (Lipinski definition) is 2. The average Bonchev–Trinajstić information content (AvgIpc) is 2.89. The van der Waals surface area contributed by atoms with Gasteiger partial charge >= 0.3 is 0 Å². The van der Waals surface area contributed by atoms with Gasteiger partial charge in [0.1, 0.15) is 5.01 Å². The minimum Gasteiger partial charge on any atom is -0.357 e. The zero-order chi connectivity index (χ0) is 17.4. The standard InChI is InChI=1S/C18H26N4S2.HI/c1-5-19-18(21-12-17-22-14(3)15(4)24-17)20-10-11-23-16-8-6-13(2)7-9-16;/h6-9H,5,10-12H2,1-4H3,(H2,19,20,21);1H. The molecule has 0 radical (unpaired) electrons. The van der Waals surface area contributed by atoms with Gasteiger partial charge in [-0.1, -0.05) is 17.7 Å². The molecule has 0 fully saturated rings. The van der Waals surface area contributed by atoms with Gasteiger partial charge in [0.15, 0.2) is 5.96 Å². The van der Waals surface area contributed by atoms with Gasteiger partial charge in [0.2, 0.25) is 0 Å². The van der Waals surface area contributed by atoms with E-state index in [9.17, 15) is 0 Å². The Morgan fingerprint density at radius 1 is 1.16 bits per heavy atom. The topological polar surface area (TPSA) is 49.3 Å². The number of guanidine groups is 1. The molecule has 138 valence electrons. The summed E-state index contributed by atoms with van der Waals surface area (Å²) in [5, 5.41) is 7.74. The minimum absolute atomic E-state index is 0. The molecule has 0 aliphatic heterocycles. The molecule has 4 nitrogen and oxygen atoms in total. The van der Waals surface area contributed by atoms with Crippen molar-refractivity contribution >= 4 is 53.0 Å². The van der Waals surface area contributed by atoms with Crippen LogP contribution in [0.25, 0.3) is 0 Å². The molecule has 2 N–H and O–H groups in total. The Morgan fingerprint density at radius 2 is 1.88 bits per heavy atom. The van der Waals surface area contributed by atoms with E-state index in [0.29, 0.717) is 6.54 Å². The first-order valence-corrected chi connectivity index (χ1v) is 10.0. The lowest BCUT2D eigenvalue weighted by Crippen LogP contribution is -2.38. The molecular formula is C18H27IN4S2. The normalized spacial score (nSPS) is 11.1. The maximum atomic E-state index is 4.63. The Labute approximate surface area is 176 Å². The van der Waals surface area contributed by atoms with E-state index >= 15 is 0 Å². The van der Waals surface area contributed by atoms with Crippen LogP contribution < -0.4 is 10.6 Å². The third kappa shape index (κ3) is 7.96. The zero-order valence-corrected chi connectivity index (χ0v) is 19.2. The summed E-state index contributed by atoms with van der Waals surface area (Å²) < 4.78 is 0. The summed E-state index contributed by atoms with van der Waals surface area (Å²) in [4.78, 5) is 11.7. The van der Waals surface area contributed by atoms with Crippen molar-refractivity contribution in [3.63, 3.8) is 0 Å². The van der Waals surface area contributed by atoms with Crippen LogP contribution in [-0.4, -0.2) is 29.8 Å². The molecule has 2 rings (SSSR count). The fourth-order valence-corrected chi connectivity index (χ4v) is 3.69. The summed E-state index contributed by atoms with van der Waals surface area (Å²) in [5.74, 6) is 1.86. The Kier molecular flexibility index (Phi) is 10.4. The smallest absolute Gasteiger partial charge is 0.191 e. The van der Waals surface area contributed by atoms with Gasteiger partial charge in [0.05, 0.1) is 12.2 Å². The van der Waals surface area contributed by atoms with Gasteiger partial charge in [-0.05, 0) is 39.8 Å². The summed E-state index contributed by atoms with van der Waals surface area (Å²) in [6, 6.07) is 8.65. The summed E-state index contributed by atoms with van der Waals surface area (Å²) in [5.41, 5.74) is 2.41. The number of nitrogens with zero attached hydrogens (tertiary/aromatic N) is 2. The predicted molar refractivity (Wildman–Crippen MR) is 122 cm³/mol. The highest BCUT2D eigenvalue weighted by Gasteiger charge is 2.04. The highest BCUT2D eigenvalue weighted by atomic mass is 127. The van der Waals surface area contributed by atoms with Gasteiger partial charge in [0, 0.05) is 28.6 Å². The van der Waals surface area contributed by atoms with Crippen LogP contribution in [0.3, 0.4) is 0 Å². The van der Waals surface area contributed by atoms with Crippen LogP contribution in [0.5, 0.6) is 0 Å². The summed E-state index contributed by atoms with van der Waals surface area (Å²) in [7, 11) is 0. The molecular weight excluding hydrogens is 463 g/mol. The maximum Gasteiger partial charge on any atom is 0.191 e. The highest BCUT2D eigenvalue weighted by molar-refractivity contribution is 14.0. The largest absolute Gasteiger partial charge is 0.357 e. The molecule has 0 saturated carbocycles. The molecule has 0 atom stereocenters. The zero-order valence-electron chi connectivity index (χ0n) is 15.3. The van der Waals surface area contributed by atoms with Gasteiger partial charge in [-0.25, -0.2) is 9.98 Å². The monoisotopic (exact) mass is 490 g/mol. The fourth-order valence-electron chi connectivity index (χ4n) is 2.07. The van der Waals surface area contributed by atoms with E-state index in [0.717, 1.165) is 35.5 Å². The first-order valence-electron chi connectivity index (χ1n) is 8.23. The van der Waals surface area contributed by atoms with Crippen molar-refractivity contribution in [3.8, 4) is 0 Å². The van der Waals surface area contributed by atoms with Gasteiger partial charge in [-0.15, -0.1) is 47.1 Å². The first-order chi connectivity index (χ1) is 11.6. The van der Waals surface area contributed by atoms with E-state index in [-0.39, 0.29) is 24.0 Å². The molecule has 0 amide bonds. The molecule has 0 aliphatic carbocycles. The van der Waals surface area contributed by atoms with Crippen LogP contribution in [0.15, 0.2) is 34.2 Å². The number of benzene rings is 1. The van der Waals surface area contributed by atoms with Crippen molar-refractivity contribution in [1.29, 1.82) is 0 Å². The van der Waals surface area contributed by atoms with E-state index in [1.807, 2.05) is 18.7 Å². The SMILES string of the molecule is CCNC(=NCc1nc(C)c(C)s1)NCCSc1ccc(C)cc1.I. The van der Waals surface area contributed by atoms with Crippen LogP contribution in [0.1, 0.15) is 28.1 Å². The number of aromatic nitrogens is 1. The Bertz CT molecular complexity index is 649. The van der Waals surface area contributed by atoms with Gasteiger partial charge in [-0.3, -0.25) is 0 Å². The van der Waals surface area contributed by atoms with Crippen molar-refractivity contribution in [2.75, 3.05) is 18.8 Å². The van der Waals surface area contributed by atoms with Crippen molar-refractivity contribution in [2.45, 2.75) is 39.1 Å². The van der Waals surface area contributed by atoms with Crippen LogP contribution in [0.4, 0.5) is 0 Å². The second-order valence-corrected chi connectivity index (χ2v) is 7.99. The molecule has 1 aromatic carbocycles. The van der Waals surface area contributed by atoms with E-state index in [2.05, 4.69) is 65.6 Å². The summed E-state index contributed by atoms with van der Waals surface area (Å²) in [6.07, 6.45) is 0. The lowest BCUT2D eigenvalue weighted by atomic mass is 10.2. The predicted octanol–water partition coefficient (Wildman–Crippen LogP) is 4.53. The van der Waals surface area contributed by atoms with Crippen molar-refractivity contribution < 1.29 is 0 Å². The van der Waals surface area contributed by atoms with E-state index in [1.165, 1.54) is 15.3 Å². The lowest BCUT2D eigenvalue weighted by Gasteiger charge is -2.10. The number of halogens is 1. The van der Waals surface area contributed by atoms with Crippen LogP contribution in [0, 0.1) is 20.8 Å². The molecule has 0 saturated heterocycles. The molecule has 25 heavy (non-hydrogen) atoms. The van der Waals surface area contributed by atoms with Crippen LogP contribution in [0.2, 0.25) is 0 Å².